The molecule has 0 fully saturated rings. The Kier molecular flexibility index (Phi) is 10.9. The molecule has 0 bridgehead atoms. The Bertz CT molecular complexity index is 268. The standard InChI is InChI=1S/C16H26O4/c1-6-11-17-15(10-5)16(18-12-7-2,19-13-8-3)20-14-9-4/h6-9,15H,1-4,10-14H2,5H3. The first-order valence-corrected chi connectivity index (χ1v) is 6.67. The number of hydrogen-bond donors (Lipinski definition) is 0. The predicted molar refractivity (Wildman–Crippen MR) is 81.4 cm³/mol. The van der Waals surface area contributed by atoms with Crippen molar-refractivity contribution in [2.45, 2.75) is 25.4 Å². The summed E-state index contributed by atoms with van der Waals surface area (Å²) in [7, 11) is 0. The summed E-state index contributed by atoms with van der Waals surface area (Å²) in [5.74, 6) is -1.31. The second-order valence-corrected chi connectivity index (χ2v) is 3.92. The van der Waals surface area contributed by atoms with Crippen LogP contribution in [0.5, 0.6) is 0 Å². The number of hydrogen-bond acceptors (Lipinski definition) is 4. The van der Waals surface area contributed by atoms with Crippen LogP contribution in [0.3, 0.4) is 0 Å². The molecule has 4 nitrogen and oxygen atoms in total. The fraction of sp³-hybridized carbons (Fsp3) is 0.500. The highest BCUT2D eigenvalue weighted by molar-refractivity contribution is 4.80. The summed E-state index contributed by atoms with van der Waals surface area (Å²) in [6, 6.07) is 0. The summed E-state index contributed by atoms with van der Waals surface area (Å²) in [4.78, 5) is 0. The highest BCUT2D eigenvalue weighted by Crippen LogP contribution is 2.26. The van der Waals surface area contributed by atoms with Crippen LogP contribution in [0.15, 0.2) is 50.6 Å². The van der Waals surface area contributed by atoms with Gasteiger partial charge in [-0.15, -0.1) is 26.3 Å². The Morgan fingerprint density at radius 2 is 1.20 bits per heavy atom. The highest BCUT2D eigenvalue weighted by atomic mass is 16.9. The van der Waals surface area contributed by atoms with Gasteiger partial charge in [0.1, 0.15) is 6.10 Å². The minimum absolute atomic E-state index is 0.280. The summed E-state index contributed by atoms with van der Waals surface area (Å²) in [6.07, 6.45) is 6.80. The maximum Gasteiger partial charge on any atom is 0.311 e. The molecular weight excluding hydrogens is 256 g/mol. The molecule has 1 unspecified atom stereocenters. The molecule has 0 aromatic rings. The van der Waals surface area contributed by atoms with E-state index in [1.54, 1.807) is 24.3 Å². The van der Waals surface area contributed by atoms with Crippen molar-refractivity contribution >= 4 is 0 Å². The van der Waals surface area contributed by atoms with E-state index in [1.165, 1.54) is 0 Å². The quantitative estimate of drug-likeness (QED) is 0.362. The lowest BCUT2D eigenvalue weighted by atomic mass is 10.2. The smallest absolute Gasteiger partial charge is 0.311 e. The second-order valence-electron chi connectivity index (χ2n) is 3.92. The molecule has 0 saturated heterocycles. The van der Waals surface area contributed by atoms with E-state index in [1.807, 2.05) is 6.92 Å². The molecule has 0 spiro atoms. The van der Waals surface area contributed by atoms with Gasteiger partial charge in [0.25, 0.3) is 0 Å². The lowest BCUT2D eigenvalue weighted by Gasteiger charge is -2.38. The van der Waals surface area contributed by atoms with Crippen LogP contribution >= 0.6 is 0 Å². The van der Waals surface area contributed by atoms with Crippen molar-refractivity contribution in [2.75, 3.05) is 26.4 Å². The van der Waals surface area contributed by atoms with Gasteiger partial charge in [0.2, 0.25) is 0 Å². The maximum atomic E-state index is 5.72. The minimum Gasteiger partial charge on any atom is -0.366 e. The van der Waals surface area contributed by atoms with Crippen molar-refractivity contribution < 1.29 is 18.9 Å². The molecule has 0 rings (SSSR count). The van der Waals surface area contributed by atoms with Crippen molar-refractivity contribution in [3.05, 3.63) is 50.6 Å². The van der Waals surface area contributed by atoms with Gasteiger partial charge in [-0.05, 0) is 6.42 Å². The zero-order valence-corrected chi connectivity index (χ0v) is 12.4. The van der Waals surface area contributed by atoms with Gasteiger partial charge < -0.3 is 18.9 Å². The van der Waals surface area contributed by atoms with Crippen molar-refractivity contribution in [1.29, 1.82) is 0 Å². The molecule has 0 saturated carbocycles. The summed E-state index contributed by atoms with van der Waals surface area (Å²) in [5, 5.41) is 0. The zero-order valence-electron chi connectivity index (χ0n) is 12.4. The first kappa shape index (κ1) is 18.8. The summed E-state index contributed by atoms with van der Waals surface area (Å²) < 4.78 is 22.8. The van der Waals surface area contributed by atoms with Crippen molar-refractivity contribution in [1.82, 2.24) is 0 Å². The van der Waals surface area contributed by atoms with E-state index in [2.05, 4.69) is 26.3 Å². The Balaban J connectivity index is 5.13. The first-order chi connectivity index (χ1) is 9.70. The summed E-state index contributed by atoms with van der Waals surface area (Å²) in [6.45, 7) is 17.7. The third-order valence-electron chi connectivity index (χ3n) is 2.39. The number of ether oxygens (including phenoxy) is 4. The SMILES string of the molecule is C=CCOC(CC)C(OCC=C)(OCC=C)OCC=C. The van der Waals surface area contributed by atoms with Crippen LogP contribution in [0.2, 0.25) is 0 Å². The molecular formula is C16H26O4. The third kappa shape index (κ3) is 6.30. The Labute approximate surface area is 122 Å². The van der Waals surface area contributed by atoms with E-state index in [-0.39, 0.29) is 19.8 Å². The van der Waals surface area contributed by atoms with Crippen molar-refractivity contribution in [3.63, 3.8) is 0 Å². The van der Waals surface area contributed by atoms with E-state index in [0.29, 0.717) is 13.0 Å². The number of rotatable bonds is 14. The van der Waals surface area contributed by atoms with Crippen molar-refractivity contribution in [2.24, 2.45) is 0 Å². The van der Waals surface area contributed by atoms with E-state index in [9.17, 15) is 0 Å². The van der Waals surface area contributed by atoms with Crippen LogP contribution in [0, 0.1) is 0 Å². The van der Waals surface area contributed by atoms with E-state index in [4.69, 9.17) is 18.9 Å². The Morgan fingerprint density at radius 1 is 0.800 bits per heavy atom. The lowest BCUT2D eigenvalue weighted by molar-refractivity contribution is -0.408. The molecule has 0 aliphatic heterocycles. The van der Waals surface area contributed by atoms with Gasteiger partial charge in [-0.2, -0.15) is 0 Å². The summed E-state index contributed by atoms with van der Waals surface area (Å²) in [5.41, 5.74) is 0. The predicted octanol–water partition coefficient (Wildman–Crippen LogP) is 3.23. The van der Waals surface area contributed by atoms with E-state index in [0.717, 1.165) is 0 Å². The molecule has 4 heteroatoms. The topological polar surface area (TPSA) is 36.9 Å². The molecule has 0 N–H and O–H groups in total. The normalized spacial score (nSPS) is 12.7. The van der Waals surface area contributed by atoms with Crippen LogP contribution < -0.4 is 0 Å². The fourth-order valence-corrected chi connectivity index (χ4v) is 1.58. The molecule has 0 radical (unpaired) electrons. The van der Waals surface area contributed by atoms with Crippen LogP contribution in [-0.4, -0.2) is 38.5 Å². The minimum atomic E-state index is -1.31. The molecule has 0 aliphatic rings. The molecule has 20 heavy (non-hydrogen) atoms. The molecule has 114 valence electrons. The van der Waals surface area contributed by atoms with Gasteiger partial charge in [0.05, 0.1) is 26.4 Å². The van der Waals surface area contributed by atoms with Crippen LogP contribution in [0.4, 0.5) is 0 Å². The monoisotopic (exact) mass is 282 g/mol. The highest BCUT2D eigenvalue weighted by Gasteiger charge is 2.42. The molecule has 0 aromatic carbocycles. The summed E-state index contributed by atoms with van der Waals surface area (Å²) >= 11 is 0. The van der Waals surface area contributed by atoms with E-state index >= 15 is 0 Å². The van der Waals surface area contributed by atoms with Crippen LogP contribution in [-0.2, 0) is 18.9 Å². The Hall–Kier alpha value is -1.20. The van der Waals surface area contributed by atoms with Gasteiger partial charge in [-0.1, -0.05) is 31.2 Å². The average molecular weight is 282 g/mol. The van der Waals surface area contributed by atoms with Gasteiger partial charge in [-0.3, -0.25) is 0 Å². The lowest BCUT2D eigenvalue weighted by Crippen LogP contribution is -2.51. The fourth-order valence-electron chi connectivity index (χ4n) is 1.58. The first-order valence-electron chi connectivity index (χ1n) is 6.67. The van der Waals surface area contributed by atoms with Crippen LogP contribution in [0.25, 0.3) is 0 Å². The third-order valence-corrected chi connectivity index (χ3v) is 2.39. The zero-order chi connectivity index (χ0) is 15.3. The van der Waals surface area contributed by atoms with Gasteiger partial charge >= 0.3 is 5.97 Å². The second kappa shape index (κ2) is 11.6. The maximum absolute atomic E-state index is 5.72. The van der Waals surface area contributed by atoms with Crippen LogP contribution in [0.1, 0.15) is 13.3 Å². The van der Waals surface area contributed by atoms with Gasteiger partial charge in [-0.25, -0.2) is 0 Å². The van der Waals surface area contributed by atoms with Gasteiger partial charge in [0.15, 0.2) is 0 Å². The average Bonchev–Trinajstić information content (AvgIpc) is 2.48. The van der Waals surface area contributed by atoms with E-state index < -0.39 is 12.1 Å². The molecule has 1 atom stereocenters. The largest absolute Gasteiger partial charge is 0.366 e. The Morgan fingerprint density at radius 3 is 1.50 bits per heavy atom. The van der Waals surface area contributed by atoms with Gasteiger partial charge in [0, 0.05) is 0 Å². The van der Waals surface area contributed by atoms with Crippen molar-refractivity contribution in [3.8, 4) is 0 Å². The molecule has 0 amide bonds. The molecule has 0 aliphatic carbocycles. The molecule has 0 heterocycles. The molecule has 0 aromatic heterocycles.